The van der Waals surface area contributed by atoms with Gasteiger partial charge < -0.3 is 0 Å². The van der Waals surface area contributed by atoms with Crippen LogP contribution in [0.1, 0.15) is 12.8 Å². The van der Waals surface area contributed by atoms with Crippen molar-refractivity contribution in [2.24, 2.45) is 5.92 Å². The molecule has 0 aromatic heterocycles. The quantitative estimate of drug-likeness (QED) is 0.753. The number of rotatable bonds is 2. The molecule has 88 valence electrons. The Morgan fingerprint density at radius 2 is 1.94 bits per heavy atom. The van der Waals surface area contributed by atoms with E-state index < -0.39 is 21.0 Å². The van der Waals surface area contributed by atoms with Crippen LogP contribution in [0.4, 0.5) is 0 Å². The molecule has 1 aliphatic carbocycles. The number of allylic oxidation sites excluding steroid dienone is 1. The topological polar surface area (TPSA) is 57.9 Å². The molecule has 0 aliphatic heterocycles. The minimum absolute atomic E-state index is 0.289. The number of sulfone groups is 1. The molecule has 0 saturated carbocycles. The van der Waals surface area contributed by atoms with Crippen LogP contribution in [0.2, 0.25) is 0 Å². The van der Waals surface area contributed by atoms with Gasteiger partial charge >= 0.3 is 0 Å². The molecule has 0 radical (unpaired) electrons. The summed E-state index contributed by atoms with van der Waals surface area (Å²) in [4.78, 5) is 0.289. The molecule has 0 spiro atoms. The number of benzene rings is 1. The van der Waals surface area contributed by atoms with E-state index in [9.17, 15) is 8.42 Å². The van der Waals surface area contributed by atoms with Crippen LogP contribution in [0.3, 0.4) is 0 Å². The maximum Gasteiger partial charge on any atom is 0.186 e. The standard InChI is InChI=1S/C13H13NO2S/c14-10-11-6-4-5-9-13(11)17(15,16)12-7-2-1-3-8-12/h1-3,5,7-9,11,13H,4,6H2. The Kier molecular flexibility index (Phi) is 3.30. The van der Waals surface area contributed by atoms with Gasteiger partial charge in [0.05, 0.1) is 22.1 Å². The molecule has 1 aliphatic rings. The molecule has 0 fully saturated rings. The van der Waals surface area contributed by atoms with Gasteiger partial charge in [-0.15, -0.1) is 0 Å². The second-order valence-corrected chi connectivity index (χ2v) is 6.17. The van der Waals surface area contributed by atoms with Gasteiger partial charge in [0.1, 0.15) is 0 Å². The third kappa shape index (κ3) is 2.25. The smallest absolute Gasteiger partial charge is 0.186 e. The average Bonchev–Trinajstić information content (AvgIpc) is 2.39. The largest absolute Gasteiger partial charge is 0.223 e. The molecule has 3 nitrogen and oxygen atoms in total. The third-order valence-corrected chi connectivity index (χ3v) is 5.09. The number of nitriles is 1. The third-order valence-electron chi connectivity index (χ3n) is 2.96. The maximum absolute atomic E-state index is 12.4. The summed E-state index contributed by atoms with van der Waals surface area (Å²) < 4.78 is 24.7. The van der Waals surface area contributed by atoms with E-state index in [4.69, 9.17) is 5.26 Å². The predicted molar refractivity (Wildman–Crippen MR) is 64.9 cm³/mol. The second-order valence-electron chi connectivity index (χ2n) is 4.06. The molecule has 2 rings (SSSR count). The first kappa shape index (κ1) is 11.9. The minimum Gasteiger partial charge on any atom is -0.223 e. The average molecular weight is 247 g/mol. The highest BCUT2D eigenvalue weighted by Gasteiger charge is 2.33. The zero-order chi connectivity index (χ0) is 12.3. The molecule has 0 saturated heterocycles. The van der Waals surface area contributed by atoms with Crippen molar-refractivity contribution >= 4 is 9.84 Å². The lowest BCUT2D eigenvalue weighted by atomic mass is 9.95. The van der Waals surface area contributed by atoms with E-state index in [-0.39, 0.29) is 4.90 Å². The van der Waals surface area contributed by atoms with Crippen LogP contribution in [-0.2, 0) is 9.84 Å². The Morgan fingerprint density at radius 1 is 1.24 bits per heavy atom. The van der Waals surface area contributed by atoms with Crippen molar-refractivity contribution in [1.82, 2.24) is 0 Å². The Morgan fingerprint density at radius 3 is 2.59 bits per heavy atom. The Labute approximate surface area is 101 Å². The van der Waals surface area contributed by atoms with E-state index in [1.807, 2.05) is 6.08 Å². The molecule has 2 unspecified atom stereocenters. The van der Waals surface area contributed by atoms with Crippen molar-refractivity contribution in [1.29, 1.82) is 5.26 Å². The van der Waals surface area contributed by atoms with Gasteiger partial charge in [0.25, 0.3) is 0 Å². The fourth-order valence-corrected chi connectivity index (χ4v) is 3.83. The van der Waals surface area contributed by atoms with Crippen molar-refractivity contribution in [3.05, 3.63) is 42.5 Å². The van der Waals surface area contributed by atoms with Gasteiger partial charge in [-0.1, -0.05) is 30.4 Å². The first-order valence-corrected chi connectivity index (χ1v) is 7.06. The molecule has 1 aromatic rings. The Bertz CT molecular complexity index is 555. The summed E-state index contributed by atoms with van der Waals surface area (Å²) in [6.45, 7) is 0. The van der Waals surface area contributed by atoms with Gasteiger partial charge in [0.2, 0.25) is 0 Å². The highest BCUT2D eigenvalue weighted by Crippen LogP contribution is 2.28. The summed E-state index contributed by atoms with van der Waals surface area (Å²) in [7, 11) is -3.43. The molecule has 0 N–H and O–H groups in total. The summed E-state index contributed by atoms with van der Waals surface area (Å²) in [6.07, 6.45) is 4.89. The van der Waals surface area contributed by atoms with Gasteiger partial charge in [-0.25, -0.2) is 8.42 Å². The Balaban J connectivity index is 2.43. The van der Waals surface area contributed by atoms with E-state index in [1.165, 1.54) is 0 Å². The van der Waals surface area contributed by atoms with Crippen LogP contribution in [0.5, 0.6) is 0 Å². The van der Waals surface area contributed by atoms with Crippen LogP contribution in [-0.4, -0.2) is 13.7 Å². The molecule has 4 heteroatoms. The minimum atomic E-state index is -3.43. The maximum atomic E-state index is 12.4. The van der Waals surface area contributed by atoms with Crippen molar-refractivity contribution in [2.75, 3.05) is 0 Å². The van der Waals surface area contributed by atoms with Gasteiger partial charge in [0, 0.05) is 0 Å². The number of hydrogen-bond acceptors (Lipinski definition) is 3. The van der Waals surface area contributed by atoms with Crippen molar-refractivity contribution in [2.45, 2.75) is 23.0 Å². The SMILES string of the molecule is N#CC1CCC=CC1S(=O)(=O)c1ccccc1. The van der Waals surface area contributed by atoms with Crippen LogP contribution in [0.15, 0.2) is 47.4 Å². The van der Waals surface area contributed by atoms with E-state index in [0.717, 1.165) is 6.42 Å². The first-order valence-electron chi connectivity index (χ1n) is 5.51. The lowest BCUT2D eigenvalue weighted by Crippen LogP contribution is -2.29. The highest BCUT2D eigenvalue weighted by molar-refractivity contribution is 7.92. The summed E-state index contributed by atoms with van der Waals surface area (Å²) in [5.74, 6) is -0.440. The molecule has 0 bridgehead atoms. The van der Waals surface area contributed by atoms with E-state index in [1.54, 1.807) is 36.4 Å². The summed E-state index contributed by atoms with van der Waals surface area (Å²) in [5.41, 5.74) is 0. The number of nitrogens with zero attached hydrogens (tertiary/aromatic N) is 1. The molecule has 17 heavy (non-hydrogen) atoms. The second kappa shape index (κ2) is 4.72. The molecule has 0 heterocycles. The normalized spacial score (nSPS) is 24.2. The lowest BCUT2D eigenvalue weighted by molar-refractivity contribution is 0.542. The van der Waals surface area contributed by atoms with E-state index in [2.05, 4.69) is 6.07 Å². The highest BCUT2D eigenvalue weighted by atomic mass is 32.2. The summed E-state index contributed by atoms with van der Waals surface area (Å²) in [6, 6.07) is 10.4. The van der Waals surface area contributed by atoms with Crippen molar-refractivity contribution in [3.63, 3.8) is 0 Å². The fraction of sp³-hybridized carbons (Fsp3) is 0.308. The van der Waals surface area contributed by atoms with Crippen LogP contribution in [0, 0.1) is 17.2 Å². The lowest BCUT2D eigenvalue weighted by Gasteiger charge is -2.22. The Hall–Kier alpha value is -1.60. The predicted octanol–water partition coefficient (Wildman–Crippen LogP) is 2.32. The van der Waals surface area contributed by atoms with E-state index in [0.29, 0.717) is 6.42 Å². The fourth-order valence-electron chi connectivity index (χ4n) is 2.03. The number of hydrogen-bond donors (Lipinski definition) is 0. The summed E-state index contributed by atoms with van der Waals surface area (Å²) in [5, 5.41) is 8.32. The monoisotopic (exact) mass is 247 g/mol. The van der Waals surface area contributed by atoms with Gasteiger partial charge in [-0.2, -0.15) is 5.26 Å². The van der Waals surface area contributed by atoms with Crippen molar-refractivity contribution in [3.8, 4) is 6.07 Å². The molecular weight excluding hydrogens is 234 g/mol. The first-order chi connectivity index (χ1) is 8.16. The van der Waals surface area contributed by atoms with Gasteiger partial charge in [0.15, 0.2) is 9.84 Å². The van der Waals surface area contributed by atoms with Crippen LogP contribution in [0.25, 0.3) is 0 Å². The van der Waals surface area contributed by atoms with Crippen LogP contribution < -0.4 is 0 Å². The molecule has 2 atom stereocenters. The zero-order valence-electron chi connectivity index (χ0n) is 9.28. The zero-order valence-corrected chi connectivity index (χ0v) is 10.1. The van der Waals surface area contributed by atoms with Gasteiger partial charge in [-0.05, 0) is 25.0 Å². The van der Waals surface area contributed by atoms with E-state index >= 15 is 0 Å². The summed E-state index contributed by atoms with van der Waals surface area (Å²) >= 11 is 0. The van der Waals surface area contributed by atoms with Gasteiger partial charge in [-0.3, -0.25) is 0 Å². The molecule has 0 amide bonds. The van der Waals surface area contributed by atoms with Crippen molar-refractivity contribution < 1.29 is 8.42 Å². The molecule has 1 aromatic carbocycles. The molecular formula is C13H13NO2S. The van der Waals surface area contributed by atoms with Crippen LogP contribution >= 0.6 is 0 Å².